The Morgan fingerprint density at radius 2 is 1.87 bits per heavy atom. The van der Waals surface area contributed by atoms with Gasteiger partial charge in [-0.15, -0.1) is 0 Å². The zero-order valence-corrected chi connectivity index (χ0v) is 9.71. The summed E-state index contributed by atoms with van der Waals surface area (Å²) in [6.45, 7) is -0.932. The first kappa shape index (κ1) is 10.8. The fraction of sp³-hybridized carbons (Fsp3) is 0.200. The third-order valence-electron chi connectivity index (χ3n) is 2.10. The Bertz CT molecular complexity index is 487. The number of hydrogen-bond donors (Lipinski definition) is 0. The summed E-state index contributed by atoms with van der Waals surface area (Å²) in [6, 6.07) is 8.82. The van der Waals surface area contributed by atoms with E-state index < -0.39 is 12.7 Å². The van der Waals surface area contributed by atoms with E-state index >= 15 is 0 Å². The van der Waals surface area contributed by atoms with Crippen LogP contribution in [0.2, 0.25) is 0 Å². The van der Waals surface area contributed by atoms with Gasteiger partial charge in [0, 0.05) is 10.9 Å². The van der Waals surface area contributed by atoms with E-state index in [0.717, 1.165) is 5.39 Å². The first-order valence-corrected chi connectivity index (χ1v) is 5.36. The van der Waals surface area contributed by atoms with Gasteiger partial charge in [0.05, 0.1) is 3.70 Å². The normalized spacial score (nSPS) is 12.3. The van der Waals surface area contributed by atoms with Crippen molar-refractivity contribution in [1.29, 1.82) is 0 Å². The molecule has 1 aromatic carbocycles. The van der Waals surface area contributed by atoms with Crippen LogP contribution in [0.1, 0.15) is 0 Å². The van der Waals surface area contributed by atoms with Crippen LogP contribution < -0.4 is 0 Å². The highest BCUT2D eigenvalue weighted by atomic mass is 127. The molecule has 80 valence electrons. The second kappa shape index (κ2) is 3.70. The highest BCUT2D eigenvalue weighted by Gasteiger charge is 2.29. The zero-order valence-electron chi connectivity index (χ0n) is 7.55. The van der Waals surface area contributed by atoms with E-state index in [4.69, 9.17) is 0 Å². The fourth-order valence-corrected chi connectivity index (χ4v) is 2.28. The first-order chi connectivity index (χ1) is 6.97. The molecule has 0 saturated carbocycles. The number of alkyl halides is 3. The monoisotopic (exact) mass is 325 g/mol. The molecule has 0 aliphatic carbocycles. The molecule has 1 aromatic heterocycles. The molecular weight excluding hydrogens is 318 g/mol. The van der Waals surface area contributed by atoms with Crippen molar-refractivity contribution >= 4 is 33.5 Å². The number of hydrogen-bond acceptors (Lipinski definition) is 0. The maximum Gasteiger partial charge on any atom is 0.406 e. The summed E-state index contributed by atoms with van der Waals surface area (Å²) in [4.78, 5) is 0. The van der Waals surface area contributed by atoms with Crippen LogP contribution in [0, 0.1) is 3.70 Å². The summed E-state index contributed by atoms with van der Waals surface area (Å²) in [6.07, 6.45) is -4.18. The fourth-order valence-electron chi connectivity index (χ4n) is 1.52. The number of para-hydroxylation sites is 1. The Hall–Kier alpha value is -0.720. The van der Waals surface area contributed by atoms with Gasteiger partial charge in [-0.25, -0.2) is 0 Å². The molecule has 2 aromatic rings. The van der Waals surface area contributed by atoms with Gasteiger partial charge in [-0.1, -0.05) is 18.2 Å². The lowest BCUT2D eigenvalue weighted by Crippen LogP contribution is -2.18. The van der Waals surface area contributed by atoms with Crippen molar-refractivity contribution in [1.82, 2.24) is 4.57 Å². The van der Waals surface area contributed by atoms with Crippen LogP contribution in [0.5, 0.6) is 0 Å². The maximum absolute atomic E-state index is 12.3. The van der Waals surface area contributed by atoms with Crippen molar-refractivity contribution in [2.45, 2.75) is 12.7 Å². The SMILES string of the molecule is FC(F)(F)Cn1c(I)cc2ccccc21. The molecule has 0 bridgehead atoms. The molecule has 0 spiro atoms. The molecule has 1 nitrogen and oxygen atoms in total. The van der Waals surface area contributed by atoms with Gasteiger partial charge in [0.1, 0.15) is 6.54 Å². The lowest BCUT2D eigenvalue weighted by molar-refractivity contribution is -0.140. The second-order valence-corrected chi connectivity index (χ2v) is 4.33. The van der Waals surface area contributed by atoms with Gasteiger partial charge in [-0.05, 0) is 34.7 Å². The van der Waals surface area contributed by atoms with E-state index in [1.165, 1.54) is 4.57 Å². The highest BCUT2D eigenvalue weighted by molar-refractivity contribution is 14.1. The first-order valence-electron chi connectivity index (χ1n) is 4.28. The Morgan fingerprint density at radius 1 is 1.20 bits per heavy atom. The lowest BCUT2D eigenvalue weighted by Gasteiger charge is -2.10. The molecule has 0 saturated heterocycles. The van der Waals surface area contributed by atoms with E-state index in [9.17, 15) is 13.2 Å². The van der Waals surface area contributed by atoms with Gasteiger partial charge in [0.15, 0.2) is 0 Å². The summed E-state index contributed by atoms with van der Waals surface area (Å²) in [5, 5.41) is 0.839. The predicted molar refractivity (Wildman–Crippen MR) is 60.7 cm³/mol. The summed E-state index contributed by atoms with van der Waals surface area (Å²) in [5.41, 5.74) is 0.624. The molecule has 0 aliphatic rings. The minimum atomic E-state index is -4.18. The number of aromatic nitrogens is 1. The minimum absolute atomic E-state index is 0.603. The van der Waals surface area contributed by atoms with E-state index in [1.807, 2.05) is 34.7 Å². The quantitative estimate of drug-likeness (QED) is 0.703. The standard InChI is InChI=1S/C10H7F3IN/c11-10(12,13)6-15-8-4-2-1-3-7(8)5-9(15)14/h1-5H,6H2. The number of nitrogens with zero attached hydrogens (tertiary/aromatic N) is 1. The van der Waals surface area contributed by atoms with Gasteiger partial charge in [-0.3, -0.25) is 0 Å². The maximum atomic E-state index is 12.3. The summed E-state index contributed by atoms with van der Waals surface area (Å²) < 4.78 is 38.8. The minimum Gasteiger partial charge on any atom is -0.327 e. The molecule has 0 aliphatic heterocycles. The van der Waals surface area contributed by atoms with Crippen molar-refractivity contribution in [2.75, 3.05) is 0 Å². The van der Waals surface area contributed by atoms with Crippen molar-refractivity contribution in [3.63, 3.8) is 0 Å². The molecule has 0 radical (unpaired) electrons. The van der Waals surface area contributed by atoms with E-state index in [-0.39, 0.29) is 0 Å². The number of fused-ring (bicyclic) bond motifs is 1. The molecule has 5 heteroatoms. The number of halogens is 4. The van der Waals surface area contributed by atoms with Crippen LogP contribution in [-0.4, -0.2) is 10.7 Å². The van der Waals surface area contributed by atoms with Crippen molar-refractivity contribution in [3.05, 3.63) is 34.0 Å². The molecular formula is C10H7F3IN. The Kier molecular flexibility index (Phi) is 2.66. The molecule has 2 rings (SSSR count). The van der Waals surface area contributed by atoms with Crippen LogP contribution in [0.15, 0.2) is 30.3 Å². The van der Waals surface area contributed by atoms with Gasteiger partial charge in [0.25, 0.3) is 0 Å². The van der Waals surface area contributed by atoms with E-state index in [1.54, 1.807) is 18.2 Å². The highest BCUT2D eigenvalue weighted by Crippen LogP contribution is 2.26. The molecule has 1 heterocycles. The third-order valence-corrected chi connectivity index (χ3v) is 2.99. The Morgan fingerprint density at radius 3 is 2.53 bits per heavy atom. The van der Waals surface area contributed by atoms with Crippen LogP contribution in [0.3, 0.4) is 0 Å². The topological polar surface area (TPSA) is 4.93 Å². The molecule has 0 N–H and O–H groups in total. The van der Waals surface area contributed by atoms with E-state index in [2.05, 4.69) is 0 Å². The largest absolute Gasteiger partial charge is 0.406 e. The van der Waals surface area contributed by atoms with E-state index in [0.29, 0.717) is 9.22 Å². The number of rotatable bonds is 1. The number of benzene rings is 1. The van der Waals surface area contributed by atoms with Gasteiger partial charge in [0.2, 0.25) is 0 Å². The Balaban J connectivity index is 2.54. The molecule has 0 amide bonds. The van der Waals surface area contributed by atoms with Crippen LogP contribution >= 0.6 is 22.6 Å². The van der Waals surface area contributed by atoms with Gasteiger partial charge in [-0.2, -0.15) is 13.2 Å². The molecule has 15 heavy (non-hydrogen) atoms. The average molecular weight is 325 g/mol. The van der Waals surface area contributed by atoms with Crippen LogP contribution in [0.25, 0.3) is 10.9 Å². The third kappa shape index (κ3) is 2.27. The summed E-state index contributed by atoms with van der Waals surface area (Å²) >= 11 is 1.92. The van der Waals surface area contributed by atoms with Gasteiger partial charge < -0.3 is 4.57 Å². The second-order valence-electron chi connectivity index (χ2n) is 3.23. The zero-order chi connectivity index (χ0) is 11.1. The van der Waals surface area contributed by atoms with Crippen LogP contribution in [-0.2, 0) is 6.54 Å². The van der Waals surface area contributed by atoms with Gasteiger partial charge >= 0.3 is 6.18 Å². The average Bonchev–Trinajstić information content (AvgIpc) is 2.41. The predicted octanol–water partition coefficient (Wildman–Crippen LogP) is 3.81. The molecule has 0 fully saturated rings. The summed E-state index contributed by atoms with van der Waals surface area (Å²) in [7, 11) is 0. The van der Waals surface area contributed by atoms with Crippen molar-refractivity contribution in [2.24, 2.45) is 0 Å². The van der Waals surface area contributed by atoms with Crippen molar-refractivity contribution < 1.29 is 13.2 Å². The van der Waals surface area contributed by atoms with Crippen molar-refractivity contribution in [3.8, 4) is 0 Å². The Labute approximate surface area is 98.0 Å². The summed E-state index contributed by atoms with van der Waals surface area (Å²) in [5.74, 6) is 0. The smallest absolute Gasteiger partial charge is 0.327 e. The molecule has 0 unspecified atom stereocenters. The molecule has 0 atom stereocenters. The van der Waals surface area contributed by atoms with Crippen LogP contribution in [0.4, 0.5) is 13.2 Å². The lowest BCUT2D eigenvalue weighted by atomic mass is 10.2.